The Morgan fingerprint density at radius 3 is 2.69 bits per heavy atom. The molecule has 1 heterocycles. The van der Waals surface area contributed by atoms with Crippen LogP contribution in [0.3, 0.4) is 0 Å². The molecule has 16 heavy (non-hydrogen) atoms. The first-order valence-electron chi connectivity index (χ1n) is 5.53. The molecule has 4 heteroatoms. The van der Waals surface area contributed by atoms with E-state index in [1.54, 1.807) is 12.1 Å². The van der Waals surface area contributed by atoms with Crippen LogP contribution >= 0.6 is 0 Å². The van der Waals surface area contributed by atoms with Gasteiger partial charge in [-0.3, -0.25) is 4.79 Å². The molecule has 1 aliphatic heterocycles. The predicted molar refractivity (Wildman–Crippen MR) is 59.8 cm³/mol. The number of hydrogen-bond donors (Lipinski definition) is 2. The van der Waals surface area contributed by atoms with Crippen LogP contribution in [0.5, 0.6) is 0 Å². The van der Waals surface area contributed by atoms with E-state index in [0.717, 1.165) is 25.9 Å². The number of hydrogen-bond acceptors (Lipinski definition) is 2. The van der Waals surface area contributed by atoms with Crippen molar-refractivity contribution >= 4 is 5.91 Å². The zero-order chi connectivity index (χ0) is 11.4. The van der Waals surface area contributed by atoms with E-state index in [1.807, 2.05) is 0 Å². The quantitative estimate of drug-likeness (QED) is 0.792. The smallest absolute Gasteiger partial charge is 0.254 e. The van der Waals surface area contributed by atoms with Crippen molar-refractivity contribution in [2.24, 2.45) is 0 Å². The van der Waals surface area contributed by atoms with E-state index in [9.17, 15) is 9.18 Å². The highest BCUT2D eigenvalue weighted by atomic mass is 19.1. The zero-order valence-electron chi connectivity index (χ0n) is 9.00. The van der Waals surface area contributed by atoms with Crippen molar-refractivity contribution < 1.29 is 9.18 Å². The van der Waals surface area contributed by atoms with Crippen LogP contribution in [0, 0.1) is 5.82 Å². The number of nitrogens with one attached hydrogen (secondary N) is 2. The molecule has 2 rings (SSSR count). The fraction of sp³-hybridized carbons (Fsp3) is 0.417. The lowest BCUT2D eigenvalue weighted by atomic mass is 10.1. The summed E-state index contributed by atoms with van der Waals surface area (Å²) in [7, 11) is 0. The summed E-state index contributed by atoms with van der Waals surface area (Å²) in [5.41, 5.74) is 0.126. The zero-order valence-corrected chi connectivity index (χ0v) is 9.00. The van der Waals surface area contributed by atoms with Gasteiger partial charge in [0.1, 0.15) is 5.82 Å². The molecule has 1 aromatic carbocycles. The van der Waals surface area contributed by atoms with Crippen LogP contribution in [-0.2, 0) is 0 Å². The maximum absolute atomic E-state index is 13.3. The Morgan fingerprint density at radius 1 is 1.31 bits per heavy atom. The van der Waals surface area contributed by atoms with Gasteiger partial charge in [-0.2, -0.15) is 0 Å². The summed E-state index contributed by atoms with van der Waals surface area (Å²) < 4.78 is 13.3. The first kappa shape index (κ1) is 11.1. The van der Waals surface area contributed by atoms with Crippen molar-refractivity contribution in [1.29, 1.82) is 0 Å². The van der Waals surface area contributed by atoms with Gasteiger partial charge in [0.15, 0.2) is 0 Å². The number of carbonyl (C=O) groups is 1. The maximum atomic E-state index is 13.3. The summed E-state index contributed by atoms with van der Waals surface area (Å²) in [6.45, 7) is 1.81. The average Bonchev–Trinajstić information content (AvgIpc) is 2.31. The molecule has 1 amide bonds. The normalized spacial score (nSPS) is 17.1. The number of amides is 1. The van der Waals surface area contributed by atoms with Gasteiger partial charge in [-0.15, -0.1) is 0 Å². The lowest BCUT2D eigenvalue weighted by Crippen LogP contribution is -2.42. The van der Waals surface area contributed by atoms with E-state index < -0.39 is 5.82 Å². The Kier molecular flexibility index (Phi) is 3.51. The van der Waals surface area contributed by atoms with Crippen LogP contribution in [0.25, 0.3) is 0 Å². The second-order valence-electron chi connectivity index (χ2n) is 3.98. The summed E-state index contributed by atoms with van der Waals surface area (Å²) in [6, 6.07) is 6.22. The third kappa shape index (κ3) is 2.58. The minimum Gasteiger partial charge on any atom is -0.349 e. The number of benzene rings is 1. The van der Waals surface area contributed by atoms with Gasteiger partial charge in [-0.1, -0.05) is 12.1 Å². The Bertz CT molecular complexity index is 375. The second-order valence-corrected chi connectivity index (χ2v) is 3.98. The summed E-state index contributed by atoms with van der Waals surface area (Å²) in [4.78, 5) is 11.8. The Balaban J connectivity index is 2.00. The summed E-state index contributed by atoms with van der Waals surface area (Å²) in [6.07, 6.45) is 1.81. The van der Waals surface area contributed by atoms with Gasteiger partial charge >= 0.3 is 0 Å². The van der Waals surface area contributed by atoms with Gasteiger partial charge in [0.2, 0.25) is 0 Å². The number of carbonyl (C=O) groups excluding carboxylic acids is 1. The highest BCUT2D eigenvalue weighted by Gasteiger charge is 2.17. The molecule has 0 spiro atoms. The predicted octanol–water partition coefficient (Wildman–Crippen LogP) is 1.31. The highest BCUT2D eigenvalue weighted by molar-refractivity contribution is 5.94. The molecule has 0 bridgehead atoms. The molecule has 0 radical (unpaired) electrons. The fourth-order valence-electron chi connectivity index (χ4n) is 1.87. The largest absolute Gasteiger partial charge is 0.349 e. The van der Waals surface area contributed by atoms with Gasteiger partial charge in [0.25, 0.3) is 5.91 Å². The average molecular weight is 222 g/mol. The van der Waals surface area contributed by atoms with Crippen LogP contribution in [0.15, 0.2) is 24.3 Å². The number of halogens is 1. The van der Waals surface area contributed by atoms with Gasteiger partial charge in [0.05, 0.1) is 5.56 Å². The molecule has 0 unspecified atom stereocenters. The molecule has 3 nitrogen and oxygen atoms in total. The van der Waals surface area contributed by atoms with Crippen molar-refractivity contribution in [3.63, 3.8) is 0 Å². The van der Waals surface area contributed by atoms with Gasteiger partial charge in [0, 0.05) is 6.04 Å². The molecule has 0 saturated carbocycles. The third-order valence-corrected chi connectivity index (χ3v) is 2.79. The van der Waals surface area contributed by atoms with Crippen LogP contribution in [-0.4, -0.2) is 25.0 Å². The summed E-state index contributed by atoms with van der Waals surface area (Å²) in [5, 5.41) is 6.07. The monoisotopic (exact) mass is 222 g/mol. The first-order valence-corrected chi connectivity index (χ1v) is 5.53. The lowest BCUT2D eigenvalue weighted by Gasteiger charge is -2.23. The summed E-state index contributed by atoms with van der Waals surface area (Å²) in [5.74, 6) is -0.779. The van der Waals surface area contributed by atoms with E-state index in [-0.39, 0.29) is 17.5 Å². The third-order valence-electron chi connectivity index (χ3n) is 2.79. The minimum absolute atomic E-state index is 0.126. The maximum Gasteiger partial charge on any atom is 0.254 e. The van der Waals surface area contributed by atoms with Crippen molar-refractivity contribution in [3.8, 4) is 0 Å². The SMILES string of the molecule is O=C(NC1CCNCC1)c1ccccc1F. The second kappa shape index (κ2) is 5.07. The molecule has 1 fully saturated rings. The molecular formula is C12H15FN2O. The van der Waals surface area contributed by atoms with Crippen molar-refractivity contribution in [2.45, 2.75) is 18.9 Å². The lowest BCUT2D eigenvalue weighted by molar-refractivity contribution is 0.0925. The van der Waals surface area contributed by atoms with Gasteiger partial charge < -0.3 is 10.6 Å². The molecule has 0 aliphatic carbocycles. The first-order chi connectivity index (χ1) is 7.77. The van der Waals surface area contributed by atoms with Gasteiger partial charge in [-0.05, 0) is 38.1 Å². The van der Waals surface area contributed by atoms with E-state index in [0.29, 0.717) is 0 Å². The molecule has 1 aromatic rings. The highest BCUT2D eigenvalue weighted by Crippen LogP contribution is 2.08. The van der Waals surface area contributed by atoms with Crippen LogP contribution < -0.4 is 10.6 Å². The minimum atomic E-state index is -0.464. The van der Waals surface area contributed by atoms with Crippen molar-refractivity contribution in [1.82, 2.24) is 10.6 Å². The molecule has 86 valence electrons. The van der Waals surface area contributed by atoms with E-state index >= 15 is 0 Å². The van der Waals surface area contributed by atoms with E-state index in [2.05, 4.69) is 10.6 Å². The fourth-order valence-corrected chi connectivity index (χ4v) is 1.87. The number of rotatable bonds is 2. The van der Waals surface area contributed by atoms with Crippen molar-refractivity contribution in [2.75, 3.05) is 13.1 Å². The Hall–Kier alpha value is -1.42. The number of piperidine rings is 1. The van der Waals surface area contributed by atoms with E-state index in [4.69, 9.17) is 0 Å². The Morgan fingerprint density at radius 2 is 2.00 bits per heavy atom. The van der Waals surface area contributed by atoms with Crippen LogP contribution in [0.4, 0.5) is 4.39 Å². The molecule has 2 N–H and O–H groups in total. The van der Waals surface area contributed by atoms with Crippen LogP contribution in [0.1, 0.15) is 23.2 Å². The topological polar surface area (TPSA) is 41.1 Å². The summed E-state index contributed by atoms with van der Waals surface area (Å²) >= 11 is 0. The molecular weight excluding hydrogens is 207 g/mol. The molecule has 0 atom stereocenters. The van der Waals surface area contributed by atoms with E-state index in [1.165, 1.54) is 12.1 Å². The standard InChI is InChI=1S/C12H15FN2O/c13-11-4-2-1-3-10(11)12(16)15-9-5-7-14-8-6-9/h1-4,9,14H,5-8H2,(H,15,16). The van der Waals surface area contributed by atoms with Crippen LogP contribution in [0.2, 0.25) is 0 Å². The molecule has 1 aliphatic rings. The molecule has 0 aromatic heterocycles. The Labute approximate surface area is 94.0 Å². The van der Waals surface area contributed by atoms with Crippen molar-refractivity contribution in [3.05, 3.63) is 35.6 Å². The molecule has 1 saturated heterocycles. The van der Waals surface area contributed by atoms with Gasteiger partial charge in [-0.25, -0.2) is 4.39 Å².